The first kappa shape index (κ1) is 13.7. The summed E-state index contributed by atoms with van der Waals surface area (Å²) in [4.78, 5) is 19.4. The van der Waals surface area contributed by atoms with Gasteiger partial charge in [0, 0.05) is 25.3 Å². The zero-order chi connectivity index (χ0) is 13.9. The summed E-state index contributed by atoms with van der Waals surface area (Å²) in [5.74, 6) is 0. The van der Waals surface area contributed by atoms with Gasteiger partial charge in [0.05, 0.1) is 5.69 Å². The highest BCUT2D eigenvalue weighted by Crippen LogP contribution is 2.23. The van der Waals surface area contributed by atoms with Gasteiger partial charge in [-0.1, -0.05) is 11.3 Å². The first-order chi connectivity index (χ1) is 9.78. The zero-order valence-electron chi connectivity index (χ0n) is 11.2. The molecular weight excluding hydrogens is 276 g/mol. The van der Waals surface area contributed by atoms with Gasteiger partial charge in [0.2, 0.25) is 4.96 Å². The molecule has 1 unspecified atom stereocenters. The highest BCUT2D eigenvalue weighted by atomic mass is 32.1. The van der Waals surface area contributed by atoms with Gasteiger partial charge in [0.15, 0.2) is 0 Å². The van der Waals surface area contributed by atoms with Crippen LogP contribution < -0.4 is 5.56 Å². The Morgan fingerprint density at radius 2 is 2.40 bits per heavy atom. The minimum atomic E-state index is -0.114. The third kappa shape index (κ3) is 2.74. The van der Waals surface area contributed by atoms with Gasteiger partial charge in [-0.05, 0) is 32.2 Å². The minimum Gasteiger partial charge on any atom is -0.396 e. The molecule has 1 saturated heterocycles. The lowest BCUT2D eigenvalue weighted by Gasteiger charge is -2.23. The van der Waals surface area contributed by atoms with Gasteiger partial charge in [-0.2, -0.15) is 9.61 Å². The van der Waals surface area contributed by atoms with E-state index >= 15 is 0 Å². The predicted molar refractivity (Wildman–Crippen MR) is 76.9 cm³/mol. The Hall–Kier alpha value is -1.31. The van der Waals surface area contributed by atoms with Crippen LogP contribution in [0.2, 0.25) is 0 Å². The monoisotopic (exact) mass is 294 g/mol. The standard InChI is InChI=1S/C13H18N4O2S/c18-6-2-4-11-3-1-5-16(11)8-10-7-12(19)17-13(15-10)20-9-14-17/h7,9,11,18H,1-6,8H2. The van der Waals surface area contributed by atoms with Crippen LogP contribution in [-0.4, -0.2) is 43.8 Å². The van der Waals surface area contributed by atoms with Gasteiger partial charge >= 0.3 is 0 Å². The van der Waals surface area contributed by atoms with Crippen molar-refractivity contribution in [3.63, 3.8) is 0 Å². The van der Waals surface area contributed by atoms with Crippen molar-refractivity contribution < 1.29 is 5.11 Å². The molecular formula is C13H18N4O2S. The molecule has 3 rings (SSSR count). The number of nitrogens with zero attached hydrogens (tertiary/aromatic N) is 4. The average molecular weight is 294 g/mol. The lowest BCUT2D eigenvalue weighted by molar-refractivity contribution is 0.208. The van der Waals surface area contributed by atoms with Gasteiger partial charge in [-0.15, -0.1) is 0 Å². The number of hydrogen-bond acceptors (Lipinski definition) is 6. The van der Waals surface area contributed by atoms with E-state index in [1.165, 1.54) is 28.7 Å². The van der Waals surface area contributed by atoms with E-state index in [1.54, 1.807) is 11.6 Å². The summed E-state index contributed by atoms with van der Waals surface area (Å²) >= 11 is 1.38. The van der Waals surface area contributed by atoms with Crippen LogP contribution in [0.25, 0.3) is 4.96 Å². The maximum Gasteiger partial charge on any atom is 0.275 e. The van der Waals surface area contributed by atoms with E-state index in [0.717, 1.165) is 25.1 Å². The predicted octanol–water partition coefficient (Wildman–Crippen LogP) is 0.888. The summed E-state index contributed by atoms with van der Waals surface area (Å²) in [5.41, 5.74) is 2.33. The van der Waals surface area contributed by atoms with Crippen molar-refractivity contribution in [1.29, 1.82) is 0 Å². The quantitative estimate of drug-likeness (QED) is 0.886. The molecule has 0 aromatic carbocycles. The van der Waals surface area contributed by atoms with Crippen LogP contribution >= 0.6 is 11.3 Å². The molecule has 2 aromatic heterocycles. The Morgan fingerprint density at radius 3 is 3.25 bits per heavy atom. The Balaban J connectivity index is 1.76. The molecule has 6 nitrogen and oxygen atoms in total. The van der Waals surface area contributed by atoms with Gasteiger partial charge in [0.25, 0.3) is 5.56 Å². The van der Waals surface area contributed by atoms with E-state index in [1.807, 2.05) is 0 Å². The minimum absolute atomic E-state index is 0.114. The topological polar surface area (TPSA) is 70.7 Å². The average Bonchev–Trinajstić information content (AvgIpc) is 3.05. The van der Waals surface area contributed by atoms with E-state index in [9.17, 15) is 4.79 Å². The molecule has 7 heteroatoms. The summed E-state index contributed by atoms with van der Waals surface area (Å²) in [6.07, 6.45) is 4.20. The second-order valence-electron chi connectivity index (χ2n) is 5.15. The van der Waals surface area contributed by atoms with Crippen molar-refractivity contribution in [3.8, 4) is 0 Å². The first-order valence-electron chi connectivity index (χ1n) is 6.95. The molecule has 0 aliphatic carbocycles. The van der Waals surface area contributed by atoms with Crippen LogP contribution in [-0.2, 0) is 6.54 Å². The Kier molecular flexibility index (Phi) is 4.09. The molecule has 2 aromatic rings. The molecule has 0 amide bonds. The molecule has 0 saturated carbocycles. The molecule has 1 fully saturated rings. The number of aliphatic hydroxyl groups is 1. The van der Waals surface area contributed by atoms with E-state index in [2.05, 4.69) is 15.0 Å². The summed E-state index contributed by atoms with van der Waals surface area (Å²) in [7, 11) is 0. The summed E-state index contributed by atoms with van der Waals surface area (Å²) < 4.78 is 1.33. The molecule has 3 heterocycles. The van der Waals surface area contributed by atoms with Crippen LogP contribution in [0, 0.1) is 0 Å². The largest absolute Gasteiger partial charge is 0.396 e. The first-order valence-corrected chi connectivity index (χ1v) is 7.83. The number of aromatic nitrogens is 3. The van der Waals surface area contributed by atoms with E-state index < -0.39 is 0 Å². The van der Waals surface area contributed by atoms with Crippen molar-refractivity contribution in [2.75, 3.05) is 13.2 Å². The maximum absolute atomic E-state index is 11.9. The number of hydrogen-bond donors (Lipinski definition) is 1. The summed E-state index contributed by atoms with van der Waals surface area (Å²) in [5, 5.41) is 12.9. The molecule has 0 radical (unpaired) electrons. The van der Waals surface area contributed by atoms with Crippen LogP contribution in [0.1, 0.15) is 31.4 Å². The van der Waals surface area contributed by atoms with Gasteiger partial charge in [0.1, 0.15) is 5.51 Å². The highest BCUT2D eigenvalue weighted by molar-refractivity contribution is 7.14. The molecule has 0 bridgehead atoms. The van der Waals surface area contributed by atoms with Crippen LogP contribution in [0.4, 0.5) is 0 Å². The zero-order valence-corrected chi connectivity index (χ0v) is 12.1. The number of fused-ring (bicyclic) bond motifs is 1. The molecule has 0 spiro atoms. The van der Waals surface area contributed by atoms with Crippen LogP contribution in [0.15, 0.2) is 16.4 Å². The molecule has 1 aliphatic heterocycles. The van der Waals surface area contributed by atoms with E-state index in [-0.39, 0.29) is 12.2 Å². The fourth-order valence-corrected chi connectivity index (χ4v) is 3.49. The van der Waals surface area contributed by atoms with Gasteiger partial charge < -0.3 is 5.11 Å². The third-order valence-corrected chi connectivity index (χ3v) is 4.47. The fourth-order valence-electron chi connectivity index (χ4n) is 2.85. The summed E-state index contributed by atoms with van der Waals surface area (Å²) in [6.45, 7) is 2.00. The maximum atomic E-state index is 11.9. The van der Waals surface area contributed by atoms with E-state index in [0.29, 0.717) is 17.5 Å². The number of likely N-dealkylation sites (tertiary alicyclic amines) is 1. The van der Waals surface area contributed by atoms with Crippen molar-refractivity contribution in [3.05, 3.63) is 27.6 Å². The van der Waals surface area contributed by atoms with Crippen molar-refractivity contribution >= 4 is 16.3 Å². The smallest absolute Gasteiger partial charge is 0.275 e. The fraction of sp³-hybridized carbons (Fsp3) is 0.615. The SMILES string of the molecule is O=c1cc(CN2CCCC2CCCO)nc2scnn12. The molecule has 108 valence electrons. The third-order valence-electron chi connectivity index (χ3n) is 3.80. The van der Waals surface area contributed by atoms with Crippen LogP contribution in [0.3, 0.4) is 0 Å². The normalized spacial score (nSPS) is 19.9. The highest BCUT2D eigenvalue weighted by Gasteiger charge is 2.24. The lowest BCUT2D eigenvalue weighted by atomic mass is 10.1. The molecule has 1 N–H and O–H groups in total. The summed E-state index contributed by atoms with van der Waals surface area (Å²) in [6, 6.07) is 2.08. The lowest BCUT2D eigenvalue weighted by Crippen LogP contribution is -2.30. The van der Waals surface area contributed by atoms with Gasteiger partial charge in [-0.3, -0.25) is 9.69 Å². The Morgan fingerprint density at radius 1 is 1.50 bits per heavy atom. The Labute approximate surface area is 120 Å². The van der Waals surface area contributed by atoms with Gasteiger partial charge in [-0.25, -0.2) is 4.98 Å². The molecule has 1 aliphatic rings. The van der Waals surface area contributed by atoms with Crippen molar-refractivity contribution in [2.45, 2.75) is 38.3 Å². The number of rotatable bonds is 5. The van der Waals surface area contributed by atoms with Crippen molar-refractivity contribution in [2.24, 2.45) is 0 Å². The second-order valence-corrected chi connectivity index (χ2v) is 5.96. The molecule has 20 heavy (non-hydrogen) atoms. The molecule has 1 atom stereocenters. The number of aliphatic hydroxyl groups excluding tert-OH is 1. The van der Waals surface area contributed by atoms with E-state index in [4.69, 9.17) is 5.11 Å². The second kappa shape index (κ2) is 5.99. The van der Waals surface area contributed by atoms with Crippen LogP contribution in [0.5, 0.6) is 0 Å². The Bertz CT molecular complexity index is 639. The van der Waals surface area contributed by atoms with Crippen molar-refractivity contribution in [1.82, 2.24) is 19.5 Å².